The third-order valence-corrected chi connectivity index (χ3v) is 2.28. The molecule has 0 saturated carbocycles. The highest BCUT2D eigenvalue weighted by atomic mass is 14.7. The molecule has 0 spiro atoms. The largest absolute Gasteiger partial charge is 0.328 e. The van der Waals surface area contributed by atoms with Gasteiger partial charge in [-0.3, -0.25) is 4.98 Å². The summed E-state index contributed by atoms with van der Waals surface area (Å²) in [4.78, 5) is 4.32. The number of aromatic nitrogens is 1. The molecule has 0 aliphatic carbocycles. The van der Waals surface area contributed by atoms with Crippen molar-refractivity contribution in [3.63, 3.8) is 0 Å². The van der Waals surface area contributed by atoms with Crippen LogP contribution in [0, 0.1) is 13.8 Å². The van der Waals surface area contributed by atoms with Gasteiger partial charge in [0.2, 0.25) is 0 Å². The molecule has 1 aromatic rings. The first kappa shape index (κ1) is 10.2. The van der Waals surface area contributed by atoms with Crippen molar-refractivity contribution in [3.05, 3.63) is 29.1 Å². The number of nitrogens with two attached hydrogens (primary N) is 1. The molecule has 0 aliphatic rings. The number of pyridine rings is 1. The molecule has 0 fully saturated rings. The summed E-state index contributed by atoms with van der Waals surface area (Å²) < 4.78 is 0. The predicted octanol–water partition coefficient (Wildman–Crippen LogP) is 1.98. The Kier molecular flexibility index (Phi) is 3.43. The number of rotatable bonds is 3. The Balaban J connectivity index is 2.63. The summed E-state index contributed by atoms with van der Waals surface area (Å²) in [7, 11) is 0. The van der Waals surface area contributed by atoms with Crippen LogP contribution in [0.1, 0.15) is 30.2 Å². The van der Waals surface area contributed by atoms with Crippen molar-refractivity contribution in [3.8, 4) is 0 Å². The molecule has 1 rings (SSSR count). The second kappa shape index (κ2) is 4.38. The van der Waals surface area contributed by atoms with Crippen LogP contribution in [0.4, 0.5) is 0 Å². The van der Waals surface area contributed by atoms with E-state index < -0.39 is 0 Å². The summed E-state index contributed by atoms with van der Waals surface area (Å²) in [5, 5.41) is 0. The number of hydrogen-bond donors (Lipinski definition) is 1. The quantitative estimate of drug-likeness (QED) is 0.768. The van der Waals surface area contributed by atoms with Crippen LogP contribution < -0.4 is 5.73 Å². The topological polar surface area (TPSA) is 38.9 Å². The number of nitrogens with zero attached hydrogens (tertiary/aromatic N) is 1. The van der Waals surface area contributed by atoms with E-state index in [1.165, 1.54) is 11.1 Å². The fraction of sp³-hybridized carbons (Fsp3) is 0.545. The van der Waals surface area contributed by atoms with Crippen LogP contribution >= 0.6 is 0 Å². The van der Waals surface area contributed by atoms with Gasteiger partial charge in [-0.15, -0.1) is 0 Å². The molecule has 72 valence electrons. The van der Waals surface area contributed by atoms with E-state index >= 15 is 0 Å². The minimum absolute atomic E-state index is 0.279. The Morgan fingerprint density at radius 3 is 2.69 bits per heavy atom. The molecule has 1 aromatic heterocycles. The lowest BCUT2D eigenvalue weighted by atomic mass is 10.1. The van der Waals surface area contributed by atoms with Crippen molar-refractivity contribution in [2.24, 2.45) is 5.73 Å². The monoisotopic (exact) mass is 178 g/mol. The second-order valence-electron chi connectivity index (χ2n) is 3.76. The first-order valence-electron chi connectivity index (χ1n) is 4.77. The van der Waals surface area contributed by atoms with Crippen LogP contribution in [0.2, 0.25) is 0 Å². The summed E-state index contributed by atoms with van der Waals surface area (Å²) >= 11 is 0. The van der Waals surface area contributed by atoms with E-state index in [2.05, 4.69) is 18.0 Å². The van der Waals surface area contributed by atoms with Crippen LogP contribution in [0.5, 0.6) is 0 Å². The number of hydrogen-bond acceptors (Lipinski definition) is 2. The minimum Gasteiger partial charge on any atom is -0.328 e. The Hall–Kier alpha value is -0.890. The van der Waals surface area contributed by atoms with Crippen molar-refractivity contribution in [2.75, 3.05) is 0 Å². The van der Waals surface area contributed by atoms with E-state index in [-0.39, 0.29) is 6.04 Å². The molecule has 0 amide bonds. The maximum Gasteiger partial charge on any atom is 0.0401 e. The van der Waals surface area contributed by atoms with Gasteiger partial charge in [0.05, 0.1) is 0 Å². The molecule has 0 bridgehead atoms. The third kappa shape index (κ3) is 3.15. The van der Waals surface area contributed by atoms with Crippen molar-refractivity contribution in [1.82, 2.24) is 4.98 Å². The van der Waals surface area contributed by atoms with Crippen molar-refractivity contribution < 1.29 is 0 Å². The summed E-state index contributed by atoms with van der Waals surface area (Å²) in [6.45, 7) is 6.16. The maximum atomic E-state index is 5.69. The van der Waals surface area contributed by atoms with Gasteiger partial charge in [0.25, 0.3) is 0 Å². The van der Waals surface area contributed by atoms with E-state index in [4.69, 9.17) is 5.73 Å². The van der Waals surface area contributed by atoms with Gasteiger partial charge in [-0.25, -0.2) is 0 Å². The average molecular weight is 178 g/mol. The zero-order chi connectivity index (χ0) is 9.84. The smallest absolute Gasteiger partial charge is 0.0401 e. The van der Waals surface area contributed by atoms with E-state index in [9.17, 15) is 0 Å². The molecule has 2 nitrogen and oxygen atoms in total. The number of aryl methyl sites for hydroxylation is 3. The average Bonchev–Trinajstić information content (AvgIpc) is 2.07. The normalized spacial score (nSPS) is 12.9. The highest BCUT2D eigenvalue weighted by Crippen LogP contribution is 2.08. The molecule has 1 atom stereocenters. The lowest BCUT2D eigenvalue weighted by molar-refractivity contribution is 0.664. The molecule has 2 N–H and O–H groups in total. The highest BCUT2D eigenvalue weighted by molar-refractivity contribution is 5.23. The second-order valence-corrected chi connectivity index (χ2v) is 3.76. The van der Waals surface area contributed by atoms with Crippen LogP contribution in [-0.2, 0) is 6.42 Å². The molecule has 13 heavy (non-hydrogen) atoms. The molecular weight excluding hydrogens is 160 g/mol. The van der Waals surface area contributed by atoms with Crippen molar-refractivity contribution in [1.29, 1.82) is 0 Å². The molecule has 2 heteroatoms. The third-order valence-electron chi connectivity index (χ3n) is 2.28. The Morgan fingerprint density at radius 2 is 2.15 bits per heavy atom. The Morgan fingerprint density at radius 1 is 1.46 bits per heavy atom. The summed E-state index contributed by atoms with van der Waals surface area (Å²) in [6, 6.07) is 2.48. The van der Waals surface area contributed by atoms with Gasteiger partial charge < -0.3 is 5.73 Å². The van der Waals surface area contributed by atoms with Gasteiger partial charge >= 0.3 is 0 Å². The molecule has 1 heterocycles. The van der Waals surface area contributed by atoms with Crippen molar-refractivity contribution in [2.45, 2.75) is 39.7 Å². The summed E-state index contributed by atoms with van der Waals surface area (Å²) in [6.07, 6.45) is 4.01. The fourth-order valence-electron chi connectivity index (χ4n) is 1.23. The molecule has 0 aliphatic heterocycles. The van der Waals surface area contributed by atoms with Crippen LogP contribution in [0.3, 0.4) is 0 Å². The molecule has 0 radical (unpaired) electrons. The predicted molar refractivity (Wildman–Crippen MR) is 55.7 cm³/mol. The van der Waals surface area contributed by atoms with Gasteiger partial charge in [-0.05, 0) is 44.7 Å². The maximum absolute atomic E-state index is 5.69. The Labute approximate surface area is 80.2 Å². The molecule has 0 aromatic carbocycles. The SMILES string of the molecule is Cc1cc(CCC(C)N)cnc1C. The van der Waals surface area contributed by atoms with Gasteiger partial charge in [0.15, 0.2) is 0 Å². The van der Waals surface area contributed by atoms with Crippen LogP contribution in [0.15, 0.2) is 12.3 Å². The molecular formula is C11H18N2. The standard InChI is InChI=1S/C11H18N2/c1-8-6-11(5-4-9(2)12)7-13-10(8)3/h6-7,9H,4-5,12H2,1-3H3. The Bertz CT molecular complexity index is 279. The lowest BCUT2D eigenvalue weighted by Crippen LogP contribution is -2.15. The van der Waals surface area contributed by atoms with E-state index in [0.717, 1.165) is 18.5 Å². The summed E-state index contributed by atoms with van der Waals surface area (Å²) in [5.74, 6) is 0. The van der Waals surface area contributed by atoms with Gasteiger partial charge in [-0.2, -0.15) is 0 Å². The van der Waals surface area contributed by atoms with E-state index in [1.807, 2.05) is 20.0 Å². The first-order chi connectivity index (χ1) is 6.09. The van der Waals surface area contributed by atoms with Crippen molar-refractivity contribution >= 4 is 0 Å². The highest BCUT2D eigenvalue weighted by Gasteiger charge is 1.99. The van der Waals surface area contributed by atoms with E-state index in [1.54, 1.807) is 0 Å². The van der Waals surface area contributed by atoms with Gasteiger partial charge in [0, 0.05) is 17.9 Å². The first-order valence-corrected chi connectivity index (χ1v) is 4.77. The van der Waals surface area contributed by atoms with Gasteiger partial charge in [-0.1, -0.05) is 6.07 Å². The zero-order valence-electron chi connectivity index (χ0n) is 8.67. The van der Waals surface area contributed by atoms with Crippen LogP contribution in [-0.4, -0.2) is 11.0 Å². The van der Waals surface area contributed by atoms with Crippen LogP contribution in [0.25, 0.3) is 0 Å². The zero-order valence-corrected chi connectivity index (χ0v) is 8.67. The minimum atomic E-state index is 0.279. The molecule has 0 saturated heterocycles. The lowest BCUT2D eigenvalue weighted by Gasteiger charge is -2.06. The fourth-order valence-corrected chi connectivity index (χ4v) is 1.23. The van der Waals surface area contributed by atoms with Gasteiger partial charge in [0.1, 0.15) is 0 Å². The molecule has 1 unspecified atom stereocenters. The van der Waals surface area contributed by atoms with E-state index in [0.29, 0.717) is 0 Å². The summed E-state index contributed by atoms with van der Waals surface area (Å²) in [5.41, 5.74) is 9.36.